The highest BCUT2D eigenvalue weighted by Gasteiger charge is 2.29. The number of rotatable bonds is 2. The summed E-state index contributed by atoms with van der Waals surface area (Å²) in [5, 5.41) is 10.2. The van der Waals surface area contributed by atoms with Gasteiger partial charge in [0, 0.05) is 0 Å². The molecule has 0 bridgehead atoms. The number of nitrogen functional groups attached to an aromatic ring is 1. The smallest absolute Gasteiger partial charge is 0.375 e. The topological polar surface area (TPSA) is 82.0 Å². The number of halogens is 3. The van der Waals surface area contributed by atoms with Gasteiger partial charge in [-0.25, -0.2) is 13.2 Å². The highest BCUT2D eigenvalue weighted by molar-refractivity contribution is 5.47. The molecule has 1 heterocycles. The molecule has 0 saturated heterocycles. The summed E-state index contributed by atoms with van der Waals surface area (Å²) in [6.45, 7) is 0. The van der Waals surface area contributed by atoms with E-state index in [1.165, 1.54) is 0 Å². The first kappa shape index (κ1) is 10.2. The van der Waals surface area contributed by atoms with Gasteiger partial charge in [0.25, 0.3) is 6.43 Å². The zero-order valence-electron chi connectivity index (χ0n) is 6.58. The molecule has 0 atom stereocenters. The Labute approximate surface area is 75.5 Å². The first-order valence-electron chi connectivity index (χ1n) is 3.31. The van der Waals surface area contributed by atoms with E-state index in [0.717, 1.165) is 0 Å². The van der Waals surface area contributed by atoms with Crippen LogP contribution in [0.5, 0.6) is 0 Å². The van der Waals surface area contributed by atoms with Gasteiger partial charge in [-0.2, -0.15) is 0 Å². The van der Waals surface area contributed by atoms with Crippen LogP contribution >= 0.6 is 0 Å². The summed E-state index contributed by atoms with van der Waals surface area (Å²) in [7, 11) is 0. The molecule has 0 aromatic carbocycles. The Kier molecular flexibility index (Phi) is 2.54. The van der Waals surface area contributed by atoms with Gasteiger partial charge in [-0.1, -0.05) is 0 Å². The monoisotopic (exact) mass is 207 g/mol. The molecule has 1 aromatic heterocycles. The minimum atomic E-state index is -3.33. The van der Waals surface area contributed by atoms with E-state index in [0.29, 0.717) is 6.20 Å². The van der Waals surface area contributed by atoms with Crippen molar-refractivity contribution >= 4 is 11.5 Å². The van der Waals surface area contributed by atoms with Gasteiger partial charge >= 0.3 is 5.82 Å². The van der Waals surface area contributed by atoms with Crippen LogP contribution in [-0.4, -0.2) is 9.91 Å². The van der Waals surface area contributed by atoms with Gasteiger partial charge in [-0.15, -0.1) is 0 Å². The number of alkyl halides is 2. The lowest BCUT2D eigenvalue weighted by molar-refractivity contribution is -0.391. The fourth-order valence-electron chi connectivity index (χ4n) is 0.849. The third-order valence-electron chi connectivity index (χ3n) is 1.45. The number of anilines is 1. The summed E-state index contributed by atoms with van der Waals surface area (Å²) in [5.41, 5.74) is 2.91. The molecule has 0 aliphatic rings. The second-order valence-electron chi connectivity index (χ2n) is 2.32. The molecular weight excluding hydrogens is 203 g/mol. The number of aromatic nitrogens is 1. The number of hydrogen-bond acceptors (Lipinski definition) is 4. The van der Waals surface area contributed by atoms with Crippen molar-refractivity contribution in [2.75, 3.05) is 5.73 Å². The molecule has 76 valence electrons. The van der Waals surface area contributed by atoms with Crippen LogP contribution in [-0.2, 0) is 0 Å². The maximum atomic E-state index is 12.9. The van der Waals surface area contributed by atoms with Gasteiger partial charge in [0.05, 0.1) is 0 Å². The van der Waals surface area contributed by atoms with Crippen LogP contribution in [0.1, 0.15) is 12.0 Å². The molecule has 5 nitrogen and oxygen atoms in total. The molecular formula is C6H4F3N3O2. The minimum Gasteiger partial charge on any atom is -0.393 e. The van der Waals surface area contributed by atoms with Crippen molar-refractivity contribution in [2.24, 2.45) is 0 Å². The van der Waals surface area contributed by atoms with E-state index in [2.05, 4.69) is 4.98 Å². The maximum Gasteiger partial charge on any atom is 0.375 e. The van der Waals surface area contributed by atoms with Crippen molar-refractivity contribution in [2.45, 2.75) is 6.43 Å². The Morgan fingerprint density at radius 2 is 2.14 bits per heavy atom. The van der Waals surface area contributed by atoms with E-state index in [4.69, 9.17) is 5.73 Å². The molecule has 0 aliphatic heterocycles. The Morgan fingerprint density at radius 3 is 2.57 bits per heavy atom. The standard InChI is InChI=1S/C6H4F3N3O2/c7-4-2(10)1-11-6(12(13)14)3(4)5(8)9/h1,5H,10H2. The number of nitrogens with two attached hydrogens (primary N) is 1. The predicted octanol–water partition coefficient (Wildman–Crippen LogP) is 1.65. The fraction of sp³-hybridized carbons (Fsp3) is 0.167. The molecule has 0 saturated carbocycles. The average Bonchev–Trinajstić information content (AvgIpc) is 2.08. The third-order valence-corrected chi connectivity index (χ3v) is 1.45. The van der Waals surface area contributed by atoms with E-state index < -0.39 is 34.2 Å². The minimum absolute atomic E-state index is 0.624. The third kappa shape index (κ3) is 1.58. The van der Waals surface area contributed by atoms with Crippen molar-refractivity contribution in [3.63, 3.8) is 0 Å². The lowest BCUT2D eigenvalue weighted by Gasteiger charge is -2.03. The second kappa shape index (κ2) is 3.48. The van der Waals surface area contributed by atoms with Crippen LogP contribution < -0.4 is 5.73 Å². The molecule has 0 amide bonds. The van der Waals surface area contributed by atoms with Crippen molar-refractivity contribution in [1.82, 2.24) is 4.98 Å². The van der Waals surface area contributed by atoms with Crippen LogP contribution in [0.4, 0.5) is 24.7 Å². The van der Waals surface area contributed by atoms with Gasteiger partial charge in [0.1, 0.15) is 5.69 Å². The molecule has 0 fully saturated rings. The molecule has 0 radical (unpaired) electrons. The summed E-state index contributed by atoms with van der Waals surface area (Å²) in [4.78, 5) is 12.0. The predicted molar refractivity (Wildman–Crippen MR) is 40.2 cm³/mol. The van der Waals surface area contributed by atoms with E-state index in [9.17, 15) is 23.3 Å². The Hall–Kier alpha value is -1.86. The van der Waals surface area contributed by atoms with E-state index in [-0.39, 0.29) is 0 Å². The Bertz CT molecular complexity index is 383. The van der Waals surface area contributed by atoms with Crippen LogP contribution in [0.15, 0.2) is 6.20 Å². The first-order chi connectivity index (χ1) is 6.45. The summed E-state index contributed by atoms with van der Waals surface area (Å²) in [6, 6.07) is 0. The van der Waals surface area contributed by atoms with Gasteiger partial charge in [0.15, 0.2) is 17.6 Å². The average molecular weight is 207 g/mol. The molecule has 8 heteroatoms. The van der Waals surface area contributed by atoms with Crippen LogP contribution in [0.25, 0.3) is 0 Å². The zero-order valence-corrected chi connectivity index (χ0v) is 6.58. The van der Waals surface area contributed by atoms with E-state index in [1.807, 2.05) is 0 Å². The molecule has 1 rings (SSSR count). The number of hydrogen-bond donors (Lipinski definition) is 1. The normalized spacial score (nSPS) is 10.6. The van der Waals surface area contributed by atoms with Crippen molar-refractivity contribution in [1.29, 1.82) is 0 Å². The highest BCUT2D eigenvalue weighted by Crippen LogP contribution is 2.31. The van der Waals surface area contributed by atoms with Gasteiger partial charge in [-0.3, -0.25) is 0 Å². The number of pyridine rings is 1. The molecule has 2 N–H and O–H groups in total. The summed E-state index contributed by atoms with van der Waals surface area (Å²) in [6.07, 6.45) is -2.70. The molecule has 0 unspecified atom stereocenters. The van der Waals surface area contributed by atoms with Crippen molar-refractivity contribution in [3.05, 3.63) is 27.7 Å². The van der Waals surface area contributed by atoms with Gasteiger partial charge in [0.2, 0.25) is 0 Å². The molecule has 0 aliphatic carbocycles. The summed E-state index contributed by atoms with van der Waals surface area (Å²) < 4.78 is 37.3. The lowest BCUT2D eigenvalue weighted by Crippen LogP contribution is -2.05. The quantitative estimate of drug-likeness (QED) is 0.590. The zero-order chi connectivity index (χ0) is 10.9. The van der Waals surface area contributed by atoms with Gasteiger partial charge in [-0.05, 0) is 9.91 Å². The maximum absolute atomic E-state index is 12.9. The molecule has 0 spiro atoms. The van der Waals surface area contributed by atoms with Crippen LogP contribution in [0.3, 0.4) is 0 Å². The van der Waals surface area contributed by atoms with Crippen molar-refractivity contribution in [3.8, 4) is 0 Å². The van der Waals surface area contributed by atoms with E-state index >= 15 is 0 Å². The Morgan fingerprint density at radius 1 is 1.57 bits per heavy atom. The number of nitrogens with zero attached hydrogens (tertiary/aromatic N) is 2. The second-order valence-corrected chi connectivity index (χ2v) is 2.32. The highest BCUT2D eigenvalue weighted by atomic mass is 19.3. The SMILES string of the molecule is Nc1cnc([N+](=O)[O-])c(C(F)F)c1F. The first-order valence-corrected chi connectivity index (χ1v) is 3.31. The van der Waals surface area contributed by atoms with Crippen LogP contribution in [0.2, 0.25) is 0 Å². The Balaban J connectivity index is 3.45. The summed E-state index contributed by atoms with van der Waals surface area (Å²) >= 11 is 0. The largest absolute Gasteiger partial charge is 0.393 e. The lowest BCUT2D eigenvalue weighted by atomic mass is 10.2. The van der Waals surface area contributed by atoms with Crippen molar-refractivity contribution < 1.29 is 18.1 Å². The summed E-state index contributed by atoms with van der Waals surface area (Å²) in [5.74, 6) is -2.71. The molecule has 1 aromatic rings. The van der Waals surface area contributed by atoms with E-state index in [1.54, 1.807) is 0 Å². The molecule has 14 heavy (non-hydrogen) atoms. The van der Waals surface area contributed by atoms with Crippen LogP contribution in [0, 0.1) is 15.9 Å². The van der Waals surface area contributed by atoms with Gasteiger partial charge < -0.3 is 15.8 Å². The fourth-order valence-corrected chi connectivity index (χ4v) is 0.849. The number of nitro groups is 1.